The molecule has 0 atom stereocenters. The van der Waals surface area contributed by atoms with Crippen molar-refractivity contribution in [3.63, 3.8) is 0 Å². The topological polar surface area (TPSA) is 72.2 Å². The maximum Gasteiger partial charge on any atom is 0.264 e. The summed E-state index contributed by atoms with van der Waals surface area (Å²) in [5, 5.41) is -0.215. The molecule has 0 spiro atoms. The predicted octanol–water partition coefficient (Wildman–Crippen LogP) is 3.65. The molecule has 2 aromatic rings. The highest BCUT2D eigenvalue weighted by Gasteiger charge is 2.22. The third kappa shape index (κ3) is 3.37. The Morgan fingerprint density at radius 3 is 2.38 bits per heavy atom. The lowest BCUT2D eigenvalue weighted by molar-refractivity contribution is 0.573. The number of anilines is 2. The van der Waals surface area contributed by atoms with Crippen molar-refractivity contribution in [1.82, 2.24) is 0 Å². The largest absolute Gasteiger partial charge is 0.396 e. The SMILES string of the molecule is Nc1cc(Cl)cc(S(=O)(=O)Nc2ccc(Cl)c(F)c2)c1F. The van der Waals surface area contributed by atoms with Crippen molar-refractivity contribution in [3.8, 4) is 0 Å². The second kappa shape index (κ2) is 5.67. The van der Waals surface area contributed by atoms with E-state index in [4.69, 9.17) is 28.9 Å². The first-order valence-electron chi connectivity index (χ1n) is 5.43. The molecule has 9 heteroatoms. The minimum Gasteiger partial charge on any atom is -0.396 e. The molecule has 0 heterocycles. The van der Waals surface area contributed by atoms with Crippen LogP contribution in [0.4, 0.5) is 20.2 Å². The maximum absolute atomic E-state index is 13.8. The molecule has 0 radical (unpaired) electrons. The molecule has 0 aliphatic carbocycles. The second-order valence-electron chi connectivity index (χ2n) is 4.04. The molecular weight excluding hydrogens is 345 g/mol. The summed E-state index contributed by atoms with van der Waals surface area (Å²) in [6.07, 6.45) is 0. The highest BCUT2D eigenvalue weighted by molar-refractivity contribution is 7.92. The number of nitrogen functional groups attached to an aromatic ring is 1. The molecule has 0 aliphatic rings. The van der Waals surface area contributed by atoms with Crippen molar-refractivity contribution in [2.24, 2.45) is 0 Å². The molecule has 0 aromatic heterocycles. The minimum absolute atomic E-state index is 0.0449. The molecule has 2 aromatic carbocycles. The van der Waals surface area contributed by atoms with Crippen LogP contribution in [0.2, 0.25) is 10.0 Å². The zero-order valence-corrected chi connectivity index (χ0v) is 12.5. The van der Waals surface area contributed by atoms with E-state index >= 15 is 0 Å². The molecular formula is C12H8Cl2F2N2O2S. The normalized spacial score (nSPS) is 11.4. The molecule has 0 aliphatic heterocycles. The van der Waals surface area contributed by atoms with Gasteiger partial charge in [0.05, 0.1) is 16.4 Å². The Labute approximate surface area is 129 Å². The molecule has 112 valence electrons. The summed E-state index contributed by atoms with van der Waals surface area (Å²) >= 11 is 11.2. The lowest BCUT2D eigenvalue weighted by atomic mass is 10.3. The molecule has 0 fully saturated rings. The van der Waals surface area contributed by atoms with Crippen LogP contribution in [-0.4, -0.2) is 8.42 Å². The Hall–Kier alpha value is -1.57. The fraction of sp³-hybridized carbons (Fsp3) is 0. The third-order valence-corrected chi connectivity index (χ3v) is 4.40. The van der Waals surface area contributed by atoms with Gasteiger partial charge in [0.15, 0.2) is 5.82 Å². The summed E-state index contributed by atoms with van der Waals surface area (Å²) in [4.78, 5) is -0.733. The number of nitrogens with two attached hydrogens (primary N) is 1. The molecule has 3 N–H and O–H groups in total. The monoisotopic (exact) mass is 352 g/mol. The minimum atomic E-state index is -4.32. The number of hydrogen-bond acceptors (Lipinski definition) is 3. The summed E-state index contributed by atoms with van der Waals surface area (Å²) < 4.78 is 53.3. The zero-order chi connectivity index (χ0) is 15.8. The molecule has 0 saturated heterocycles. The van der Waals surface area contributed by atoms with E-state index in [-0.39, 0.29) is 15.7 Å². The van der Waals surface area contributed by atoms with Gasteiger partial charge >= 0.3 is 0 Å². The van der Waals surface area contributed by atoms with Crippen LogP contribution in [-0.2, 0) is 10.0 Å². The lowest BCUT2D eigenvalue weighted by Crippen LogP contribution is -2.15. The zero-order valence-electron chi connectivity index (χ0n) is 10.2. The first kappa shape index (κ1) is 15.8. The van der Waals surface area contributed by atoms with E-state index in [1.807, 2.05) is 4.72 Å². The first-order chi connectivity index (χ1) is 9.70. The average Bonchev–Trinajstić information content (AvgIpc) is 2.37. The average molecular weight is 353 g/mol. The van der Waals surface area contributed by atoms with E-state index in [0.29, 0.717) is 0 Å². The molecule has 0 bridgehead atoms. The fourth-order valence-electron chi connectivity index (χ4n) is 1.55. The summed E-state index contributed by atoms with van der Waals surface area (Å²) in [5.74, 6) is -1.95. The number of sulfonamides is 1. The van der Waals surface area contributed by atoms with Crippen LogP contribution in [0, 0.1) is 11.6 Å². The van der Waals surface area contributed by atoms with E-state index in [0.717, 1.165) is 24.3 Å². The number of rotatable bonds is 3. The third-order valence-electron chi connectivity index (χ3n) is 2.49. The van der Waals surface area contributed by atoms with Crippen LogP contribution in [0.3, 0.4) is 0 Å². The molecule has 2 rings (SSSR count). The Bertz CT molecular complexity index is 813. The van der Waals surface area contributed by atoms with Gasteiger partial charge in [0.1, 0.15) is 10.7 Å². The van der Waals surface area contributed by atoms with Gasteiger partial charge in [0.2, 0.25) is 0 Å². The quantitative estimate of drug-likeness (QED) is 0.828. The summed E-state index contributed by atoms with van der Waals surface area (Å²) in [7, 11) is -4.32. The van der Waals surface area contributed by atoms with E-state index in [9.17, 15) is 17.2 Å². The number of hydrogen-bond donors (Lipinski definition) is 2. The van der Waals surface area contributed by atoms with Gasteiger partial charge in [-0.3, -0.25) is 4.72 Å². The summed E-state index contributed by atoms with van der Waals surface area (Å²) in [6, 6.07) is 5.25. The Morgan fingerprint density at radius 2 is 1.76 bits per heavy atom. The van der Waals surface area contributed by atoms with E-state index in [1.165, 1.54) is 6.07 Å². The van der Waals surface area contributed by atoms with E-state index < -0.39 is 32.2 Å². The Kier molecular flexibility index (Phi) is 4.27. The van der Waals surface area contributed by atoms with Crippen LogP contribution in [0.15, 0.2) is 35.2 Å². The molecule has 4 nitrogen and oxygen atoms in total. The molecule has 21 heavy (non-hydrogen) atoms. The highest BCUT2D eigenvalue weighted by atomic mass is 35.5. The van der Waals surface area contributed by atoms with Crippen LogP contribution in [0.25, 0.3) is 0 Å². The second-order valence-corrected chi connectivity index (χ2v) is 6.54. The van der Waals surface area contributed by atoms with Gasteiger partial charge < -0.3 is 5.73 Å². The molecule has 0 unspecified atom stereocenters. The van der Waals surface area contributed by atoms with Crippen LogP contribution in [0.5, 0.6) is 0 Å². The first-order valence-corrected chi connectivity index (χ1v) is 7.67. The lowest BCUT2D eigenvalue weighted by Gasteiger charge is -2.11. The highest BCUT2D eigenvalue weighted by Crippen LogP contribution is 2.27. The van der Waals surface area contributed by atoms with E-state index in [1.54, 1.807) is 0 Å². The van der Waals surface area contributed by atoms with Gasteiger partial charge in [-0.1, -0.05) is 23.2 Å². The van der Waals surface area contributed by atoms with Gasteiger partial charge in [0.25, 0.3) is 10.0 Å². The number of halogens is 4. The van der Waals surface area contributed by atoms with Gasteiger partial charge in [-0.05, 0) is 30.3 Å². The molecule has 0 saturated carbocycles. The van der Waals surface area contributed by atoms with Gasteiger partial charge in [-0.15, -0.1) is 0 Å². The van der Waals surface area contributed by atoms with Gasteiger partial charge in [-0.2, -0.15) is 0 Å². The van der Waals surface area contributed by atoms with Crippen molar-refractivity contribution in [1.29, 1.82) is 0 Å². The smallest absolute Gasteiger partial charge is 0.264 e. The van der Waals surface area contributed by atoms with Crippen LogP contribution >= 0.6 is 23.2 Å². The van der Waals surface area contributed by atoms with Gasteiger partial charge in [0, 0.05) is 5.02 Å². The van der Waals surface area contributed by atoms with Crippen molar-refractivity contribution < 1.29 is 17.2 Å². The van der Waals surface area contributed by atoms with Crippen LogP contribution < -0.4 is 10.5 Å². The summed E-state index contributed by atoms with van der Waals surface area (Å²) in [6.45, 7) is 0. The Balaban J connectivity index is 2.45. The number of nitrogens with one attached hydrogen (secondary N) is 1. The molecule has 0 amide bonds. The number of benzene rings is 2. The van der Waals surface area contributed by atoms with Crippen molar-refractivity contribution in [2.45, 2.75) is 4.90 Å². The van der Waals surface area contributed by atoms with Crippen LogP contribution in [0.1, 0.15) is 0 Å². The predicted molar refractivity (Wildman–Crippen MR) is 78.0 cm³/mol. The van der Waals surface area contributed by atoms with Crippen molar-refractivity contribution >= 4 is 44.6 Å². The van der Waals surface area contributed by atoms with Gasteiger partial charge in [-0.25, -0.2) is 17.2 Å². The van der Waals surface area contributed by atoms with Crippen molar-refractivity contribution in [2.75, 3.05) is 10.5 Å². The Morgan fingerprint density at radius 1 is 1.10 bits per heavy atom. The fourth-order valence-corrected chi connectivity index (χ4v) is 3.14. The standard InChI is InChI=1S/C12H8Cl2F2N2O2S/c13-6-3-10(17)12(16)11(4-6)21(19,20)18-7-1-2-8(14)9(15)5-7/h1-5,18H,17H2. The maximum atomic E-state index is 13.8. The van der Waals surface area contributed by atoms with E-state index in [2.05, 4.69) is 0 Å². The summed E-state index contributed by atoms with van der Waals surface area (Å²) in [5.41, 5.74) is 4.80. The van der Waals surface area contributed by atoms with Crippen molar-refractivity contribution in [3.05, 3.63) is 52.0 Å².